The van der Waals surface area contributed by atoms with Gasteiger partial charge < -0.3 is 10.1 Å². The molecule has 148 valence electrons. The fraction of sp³-hybridized carbons (Fsp3) is 0.444. The molecule has 0 fully saturated rings. The second-order valence-corrected chi connectivity index (χ2v) is 7.82. The summed E-state index contributed by atoms with van der Waals surface area (Å²) in [5.74, 6) is 0.118. The number of nitrogens with zero attached hydrogens (tertiary/aromatic N) is 3. The zero-order chi connectivity index (χ0) is 20.0. The van der Waals surface area contributed by atoms with Gasteiger partial charge in [-0.15, -0.1) is 0 Å². The van der Waals surface area contributed by atoms with Crippen LogP contribution in [-0.4, -0.2) is 48.6 Å². The fourth-order valence-corrected chi connectivity index (χ4v) is 4.19. The van der Waals surface area contributed by atoms with Crippen molar-refractivity contribution in [3.05, 3.63) is 36.2 Å². The van der Waals surface area contributed by atoms with E-state index in [9.17, 15) is 13.2 Å². The van der Waals surface area contributed by atoms with Crippen molar-refractivity contribution in [2.45, 2.75) is 38.6 Å². The van der Waals surface area contributed by atoms with Crippen molar-refractivity contribution in [3.8, 4) is 5.75 Å². The number of aromatic nitrogens is 2. The Hall–Kier alpha value is -2.39. The normalized spacial score (nSPS) is 11.6. The van der Waals surface area contributed by atoms with E-state index in [1.807, 2.05) is 6.92 Å². The molecule has 8 nitrogen and oxygen atoms in total. The summed E-state index contributed by atoms with van der Waals surface area (Å²) >= 11 is 0. The summed E-state index contributed by atoms with van der Waals surface area (Å²) in [6.07, 6.45) is 3.58. The number of carbonyl (C=O) groups is 1. The molecule has 0 atom stereocenters. The molecule has 1 aromatic heterocycles. The number of ether oxygens (including phenoxy) is 1. The molecule has 0 aliphatic heterocycles. The molecule has 0 radical (unpaired) electrons. The monoisotopic (exact) mass is 394 g/mol. The summed E-state index contributed by atoms with van der Waals surface area (Å²) < 4.78 is 33.8. The first-order chi connectivity index (χ1) is 12.8. The van der Waals surface area contributed by atoms with Gasteiger partial charge in [0.1, 0.15) is 5.75 Å². The number of anilines is 1. The van der Waals surface area contributed by atoms with Crippen LogP contribution in [0.15, 0.2) is 35.5 Å². The Morgan fingerprint density at radius 2 is 1.96 bits per heavy atom. The van der Waals surface area contributed by atoms with Crippen LogP contribution in [0.25, 0.3) is 0 Å². The Morgan fingerprint density at radius 1 is 1.26 bits per heavy atom. The van der Waals surface area contributed by atoms with Gasteiger partial charge in [0.25, 0.3) is 0 Å². The van der Waals surface area contributed by atoms with Gasteiger partial charge in [0, 0.05) is 25.8 Å². The lowest BCUT2D eigenvalue weighted by atomic mass is 10.2. The van der Waals surface area contributed by atoms with Gasteiger partial charge in [-0.05, 0) is 30.7 Å². The molecule has 0 saturated carbocycles. The molecular weight excluding hydrogens is 368 g/mol. The highest BCUT2D eigenvalue weighted by Crippen LogP contribution is 2.29. The van der Waals surface area contributed by atoms with Crippen LogP contribution in [0.3, 0.4) is 0 Å². The van der Waals surface area contributed by atoms with Gasteiger partial charge in [0.15, 0.2) is 0 Å². The minimum absolute atomic E-state index is 0.112. The standard InChI is InChI=1S/C18H26N4O4S/c1-5-21-13-14(12-19-21)10-18(23)20-16-11-15(8-9-17(16)26-4)27(24,25)22(6-2)7-3/h8-9,11-13H,5-7,10H2,1-4H3,(H,20,23). The van der Waals surface area contributed by atoms with Gasteiger partial charge in [0.05, 0.1) is 30.3 Å². The van der Waals surface area contributed by atoms with E-state index in [1.165, 1.54) is 23.5 Å². The molecule has 0 saturated heterocycles. The molecule has 0 bridgehead atoms. The van der Waals surface area contributed by atoms with Crippen LogP contribution in [0.5, 0.6) is 5.75 Å². The van der Waals surface area contributed by atoms with E-state index in [0.29, 0.717) is 24.5 Å². The summed E-state index contributed by atoms with van der Waals surface area (Å²) in [4.78, 5) is 12.5. The maximum Gasteiger partial charge on any atom is 0.243 e. The van der Waals surface area contributed by atoms with Crippen LogP contribution in [0.2, 0.25) is 0 Å². The Balaban J connectivity index is 2.25. The average Bonchev–Trinajstić information content (AvgIpc) is 3.09. The smallest absolute Gasteiger partial charge is 0.243 e. The molecule has 2 aromatic rings. The molecule has 1 aromatic carbocycles. The number of carbonyl (C=O) groups excluding carboxylic acids is 1. The van der Waals surface area contributed by atoms with Crippen molar-refractivity contribution in [1.29, 1.82) is 0 Å². The number of amides is 1. The van der Waals surface area contributed by atoms with E-state index in [-0.39, 0.29) is 17.2 Å². The summed E-state index contributed by atoms with van der Waals surface area (Å²) in [5, 5.41) is 6.88. The zero-order valence-corrected chi connectivity index (χ0v) is 16.9. The summed E-state index contributed by atoms with van der Waals surface area (Å²) in [5.41, 5.74) is 1.10. The Bertz CT molecular complexity index is 889. The van der Waals surface area contributed by atoms with Gasteiger partial charge in [-0.3, -0.25) is 9.48 Å². The molecule has 0 aliphatic rings. The maximum absolute atomic E-state index is 12.7. The second-order valence-electron chi connectivity index (χ2n) is 5.88. The van der Waals surface area contributed by atoms with Crippen LogP contribution in [0.1, 0.15) is 26.3 Å². The van der Waals surface area contributed by atoms with E-state index >= 15 is 0 Å². The minimum atomic E-state index is -3.63. The van der Waals surface area contributed by atoms with Gasteiger partial charge in [0.2, 0.25) is 15.9 Å². The third-order valence-electron chi connectivity index (χ3n) is 4.16. The van der Waals surface area contributed by atoms with E-state index < -0.39 is 10.0 Å². The first kappa shape index (κ1) is 20.9. The summed E-state index contributed by atoms with van der Waals surface area (Å²) in [6.45, 7) is 6.99. The molecule has 1 N–H and O–H groups in total. The fourth-order valence-electron chi connectivity index (χ4n) is 2.71. The van der Waals surface area contributed by atoms with Crippen molar-refractivity contribution >= 4 is 21.6 Å². The third-order valence-corrected chi connectivity index (χ3v) is 6.21. The molecule has 2 rings (SSSR count). The Kier molecular flexibility index (Phi) is 6.98. The van der Waals surface area contributed by atoms with Gasteiger partial charge in [-0.25, -0.2) is 8.42 Å². The molecule has 0 unspecified atom stereocenters. The Morgan fingerprint density at radius 3 is 2.52 bits per heavy atom. The SMILES string of the molecule is CCN(CC)S(=O)(=O)c1ccc(OC)c(NC(=O)Cc2cnn(CC)c2)c1. The summed E-state index contributed by atoms with van der Waals surface area (Å²) in [7, 11) is -2.16. The maximum atomic E-state index is 12.7. The highest BCUT2D eigenvalue weighted by Gasteiger charge is 2.23. The van der Waals surface area contributed by atoms with Crippen molar-refractivity contribution in [1.82, 2.24) is 14.1 Å². The number of aryl methyl sites for hydroxylation is 1. The number of hydrogen-bond acceptors (Lipinski definition) is 5. The van der Waals surface area contributed by atoms with Crippen molar-refractivity contribution in [2.75, 3.05) is 25.5 Å². The van der Waals surface area contributed by atoms with Crippen LogP contribution in [0.4, 0.5) is 5.69 Å². The van der Waals surface area contributed by atoms with Gasteiger partial charge in [-0.2, -0.15) is 9.40 Å². The minimum Gasteiger partial charge on any atom is -0.495 e. The average molecular weight is 394 g/mol. The highest BCUT2D eigenvalue weighted by atomic mass is 32.2. The topological polar surface area (TPSA) is 93.5 Å². The molecule has 0 spiro atoms. The number of sulfonamides is 1. The summed E-state index contributed by atoms with van der Waals surface area (Å²) in [6, 6.07) is 4.45. The lowest BCUT2D eigenvalue weighted by molar-refractivity contribution is -0.115. The molecule has 1 amide bonds. The van der Waals surface area contributed by atoms with Crippen molar-refractivity contribution in [3.63, 3.8) is 0 Å². The first-order valence-corrected chi connectivity index (χ1v) is 10.3. The van der Waals surface area contributed by atoms with E-state index in [1.54, 1.807) is 37.0 Å². The molecule has 1 heterocycles. The van der Waals surface area contributed by atoms with Crippen molar-refractivity contribution in [2.24, 2.45) is 0 Å². The largest absolute Gasteiger partial charge is 0.495 e. The number of benzene rings is 1. The first-order valence-electron chi connectivity index (χ1n) is 8.85. The number of rotatable bonds is 9. The molecular formula is C18H26N4O4S. The number of hydrogen-bond donors (Lipinski definition) is 1. The van der Waals surface area contributed by atoms with Crippen molar-refractivity contribution < 1.29 is 17.9 Å². The van der Waals surface area contributed by atoms with Crippen LogP contribution in [-0.2, 0) is 27.8 Å². The second kappa shape index (κ2) is 9.01. The quantitative estimate of drug-likeness (QED) is 0.703. The van der Waals surface area contributed by atoms with Gasteiger partial charge in [-0.1, -0.05) is 13.8 Å². The lowest BCUT2D eigenvalue weighted by Crippen LogP contribution is -2.30. The zero-order valence-electron chi connectivity index (χ0n) is 16.1. The molecule has 27 heavy (non-hydrogen) atoms. The van der Waals surface area contributed by atoms with E-state index in [0.717, 1.165) is 12.1 Å². The lowest BCUT2D eigenvalue weighted by Gasteiger charge is -2.19. The predicted octanol–water partition coefficient (Wildman–Crippen LogP) is 2.12. The van der Waals surface area contributed by atoms with Gasteiger partial charge >= 0.3 is 0 Å². The number of nitrogens with one attached hydrogen (secondary N) is 1. The number of methoxy groups -OCH3 is 1. The van der Waals surface area contributed by atoms with Crippen LogP contribution < -0.4 is 10.1 Å². The Labute approximate surface area is 160 Å². The highest BCUT2D eigenvalue weighted by molar-refractivity contribution is 7.89. The molecule has 9 heteroatoms. The molecule has 0 aliphatic carbocycles. The van der Waals surface area contributed by atoms with Crippen LogP contribution in [0, 0.1) is 0 Å². The van der Waals surface area contributed by atoms with Crippen LogP contribution >= 0.6 is 0 Å². The predicted molar refractivity (Wildman–Crippen MR) is 103 cm³/mol. The third kappa shape index (κ3) is 4.86. The van der Waals surface area contributed by atoms with E-state index in [2.05, 4.69) is 10.4 Å². The van der Waals surface area contributed by atoms with E-state index in [4.69, 9.17) is 4.74 Å².